The Morgan fingerprint density at radius 2 is 1.38 bits per heavy atom. The van der Waals surface area contributed by atoms with Crippen LogP contribution in [0.3, 0.4) is 0 Å². The fourth-order valence-corrected chi connectivity index (χ4v) is 1.99. The number of carbonyl (C=O) groups excluding carboxylic acids is 2. The van der Waals surface area contributed by atoms with Gasteiger partial charge in [-0.2, -0.15) is 0 Å². The van der Waals surface area contributed by atoms with Crippen LogP contribution in [0.25, 0.3) is 0 Å². The van der Waals surface area contributed by atoms with Crippen LogP contribution in [-0.4, -0.2) is 24.0 Å². The third-order valence-corrected chi connectivity index (χ3v) is 2.56. The number of nitrogens with two attached hydrogens (primary N) is 2. The van der Waals surface area contributed by atoms with Crippen LogP contribution < -0.4 is 11.5 Å². The minimum Gasteiger partial charge on any atom is -0.369 e. The van der Waals surface area contributed by atoms with Crippen molar-refractivity contribution in [3.05, 3.63) is 12.2 Å². The Morgan fingerprint density at radius 1 is 1.00 bits per heavy atom. The van der Waals surface area contributed by atoms with Crippen molar-refractivity contribution in [1.29, 1.82) is 0 Å². The van der Waals surface area contributed by atoms with Gasteiger partial charge in [0.05, 0.1) is 24.0 Å². The van der Waals surface area contributed by atoms with Crippen LogP contribution in [-0.2, 0) is 14.3 Å². The smallest absolute Gasteiger partial charge is 0.224 e. The summed E-state index contributed by atoms with van der Waals surface area (Å²) in [5.41, 5.74) is 10.3. The number of hydrogen-bond acceptors (Lipinski definition) is 3. The first-order chi connectivity index (χ1) is 6.11. The summed E-state index contributed by atoms with van der Waals surface area (Å²) in [6.45, 7) is 0. The Morgan fingerprint density at radius 3 is 1.69 bits per heavy atom. The summed E-state index contributed by atoms with van der Waals surface area (Å²) < 4.78 is 5.31. The van der Waals surface area contributed by atoms with Gasteiger partial charge in [0.2, 0.25) is 11.8 Å². The van der Waals surface area contributed by atoms with Crippen molar-refractivity contribution in [3.8, 4) is 0 Å². The molecule has 70 valence electrons. The summed E-state index contributed by atoms with van der Waals surface area (Å²) in [6, 6.07) is 0. The van der Waals surface area contributed by atoms with Gasteiger partial charge in [-0.3, -0.25) is 9.59 Å². The van der Waals surface area contributed by atoms with Crippen molar-refractivity contribution in [1.82, 2.24) is 0 Å². The Balaban J connectivity index is 2.30. The topological polar surface area (TPSA) is 95.4 Å². The monoisotopic (exact) mass is 182 g/mol. The van der Waals surface area contributed by atoms with Gasteiger partial charge in [0, 0.05) is 0 Å². The molecule has 0 unspecified atom stereocenters. The molecule has 2 amide bonds. The van der Waals surface area contributed by atoms with Crippen LogP contribution in [0.2, 0.25) is 0 Å². The zero-order valence-electron chi connectivity index (χ0n) is 6.84. The van der Waals surface area contributed by atoms with E-state index >= 15 is 0 Å². The lowest BCUT2D eigenvalue weighted by Gasteiger charge is -2.18. The fraction of sp³-hybridized carbons (Fsp3) is 0.500. The number of rotatable bonds is 2. The molecule has 1 fully saturated rings. The Labute approximate surface area is 74.7 Å². The molecule has 0 aromatic carbocycles. The number of amides is 2. The first-order valence-electron chi connectivity index (χ1n) is 4.03. The molecule has 5 heteroatoms. The van der Waals surface area contributed by atoms with Gasteiger partial charge in [-0.25, -0.2) is 0 Å². The molecular formula is C8H10N2O3. The summed E-state index contributed by atoms with van der Waals surface area (Å²) in [5, 5.41) is 0. The predicted octanol–water partition coefficient (Wildman–Crippen LogP) is -1.47. The molecule has 2 heterocycles. The molecule has 0 aromatic rings. The molecule has 0 aliphatic carbocycles. The first-order valence-corrected chi connectivity index (χ1v) is 4.03. The van der Waals surface area contributed by atoms with Crippen molar-refractivity contribution < 1.29 is 14.3 Å². The lowest BCUT2D eigenvalue weighted by molar-refractivity contribution is -0.130. The number of fused-ring (bicyclic) bond motifs is 2. The molecule has 0 aromatic heterocycles. The molecule has 4 atom stereocenters. The van der Waals surface area contributed by atoms with E-state index < -0.39 is 23.7 Å². The molecule has 2 aliphatic heterocycles. The minimum atomic E-state index is -0.590. The predicted molar refractivity (Wildman–Crippen MR) is 43.2 cm³/mol. The van der Waals surface area contributed by atoms with Gasteiger partial charge in [0.15, 0.2) is 0 Å². The Bertz CT molecular complexity index is 272. The second-order valence-electron chi connectivity index (χ2n) is 3.31. The van der Waals surface area contributed by atoms with Crippen LogP contribution in [0.4, 0.5) is 0 Å². The fourth-order valence-electron chi connectivity index (χ4n) is 1.99. The lowest BCUT2D eigenvalue weighted by atomic mass is 9.82. The summed E-state index contributed by atoms with van der Waals surface area (Å²) in [6.07, 6.45) is 2.78. The minimum absolute atomic E-state index is 0.361. The lowest BCUT2D eigenvalue weighted by Crippen LogP contribution is -2.42. The summed E-state index contributed by atoms with van der Waals surface area (Å²) in [4.78, 5) is 22.0. The second-order valence-corrected chi connectivity index (χ2v) is 3.31. The third-order valence-electron chi connectivity index (χ3n) is 2.56. The Hall–Kier alpha value is -1.36. The normalized spacial score (nSPS) is 40.9. The van der Waals surface area contributed by atoms with Gasteiger partial charge in [-0.1, -0.05) is 12.2 Å². The largest absolute Gasteiger partial charge is 0.369 e. The summed E-state index contributed by atoms with van der Waals surface area (Å²) in [7, 11) is 0. The van der Waals surface area contributed by atoms with E-state index in [4.69, 9.17) is 16.2 Å². The highest BCUT2D eigenvalue weighted by Crippen LogP contribution is 2.38. The molecule has 2 bridgehead atoms. The van der Waals surface area contributed by atoms with Gasteiger partial charge >= 0.3 is 0 Å². The van der Waals surface area contributed by atoms with Crippen LogP contribution >= 0.6 is 0 Å². The highest BCUT2D eigenvalue weighted by Gasteiger charge is 2.51. The SMILES string of the molecule is NC(=O)[C@H]1[C@H](C(N)=O)[C@H]2C=C[C@@H]1O2. The maximum absolute atomic E-state index is 11.0. The van der Waals surface area contributed by atoms with Gasteiger partial charge in [0.25, 0.3) is 0 Å². The van der Waals surface area contributed by atoms with Gasteiger partial charge < -0.3 is 16.2 Å². The molecule has 2 aliphatic rings. The molecule has 5 nitrogen and oxygen atoms in total. The van der Waals surface area contributed by atoms with Gasteiger partial charge in [-0.15, -0.1) is 0 Å². The highest BCUT2D eigenvalue weighted by molar-refractivity contribution is 5.88. The van der Waals surface area contributed by atoms with Crippen LogP contribution in [0.15, 0.2) is 12.2 Å². The first kappa shape index (κ1) is 8.25. The van der Waals surface area contributed by atoms with E-state index in [1.54, 1.807) is 12.2 Å². The van der Waals surface area contributed by atoms with E-state index in [1.807, 2.05) is 0 Å². The maximum atomic E-state index is 11.0. The van der Waals surface area contributed by atoms with Crippen LogP contribution in [0.1, 0.15) is 0 Å². The molecule has 0 spiro atoms. The van der Waals surface area contributed by atoms with Crippen molar-refractivity contribution in [2.24, 2.45) is 23.3 Å². The van der Waals surface area contributed by atoms with Gasteiger partial charge in [0.1, 0.15) is 0 Å². The van der Waals surface area contributed by atoms with E-state index in [-0.39, 0.29) is 12.2 Å². The van der Waals surface area contributed by atoms with Crippen LogP contribution in [0, 0.1) is 11.8 Å². The molecule has 13 heavy (non-hydrogen) atoms. The Kier molecular flexibility index (Phi) is 1.63. The molecule has 0 radical (unpaired) electrons. The average molecular weight is 182 g/mol. The number of carbonyl (C=O) groups is 2. The van der Waals surface area contributed by atoms with Crippen molar-refractivity contribution >= 4 is 11.8 Å². The summed E-state index contributed by atoms with van der Waals surface area (Å²) >= 11 is 0. The van der Waals surface area contributed by atoms with Crippen LogP contribution in [0.5, 0.6) is 0 Å². The van der Waals surface area contributed by atoms with E-state index in [9.17, 15) is 9.59 Å². The molecule has 0 saturated carbocycles. The zero-order chi connectivity index (χ0) is 9.59. The van der Waals surface area contributed by atoms with Crippen molar-refractivity contribution in [2.45, 2.75) is 12.2 Å². The third kappa shape index (κ3) is 1.04. The number of primary amides is 2. The van der Waals surface area contributed by atoms with E-state index in [1.165, 1.54) is 0 Å². The average Bonchev–Trinajstić information content (AvgIpc) is 2.60. The van der Waals surface area contributed by atoms with Crippen molar-refractivity contribution in [2.75, 3.05) is 0 Å². The second kappa shape index (κ2) is 2.56. The molecular weight excluding hydrogens is 172 g/mol. The molecule has 4 N–H and O–H groups in total. The standard InChI is InChI=1S/C8H10N2O3/c9-7(11)5-3-1-2-4(13-3)6(5)8(10)12/h1-6H,(H2,9,11)(H2,10,12)/t3-,4+,5-,6-/m1/s1. The van der Waals surface area contributed by atoms with E-state index in [2.05, 4.69) is 0 Å². The number of hydrogen-bond donors (Lipinski definition) is 2. The zero-order valence-corrected chi connectivity index (χ0v) is 6.84. The van der Waals surface area contributed by atoms with Gasteiger partial charge in [-0.05, 0) is 0 Å². The quantitative estimate of drug-likeness (QED) is 0.510. The number of ether oxygens (including phenoxy) is 1. The van der Waals surface area contributed by atoms with E-state index in [0.29, 0.717) is 0 Å². The van der Waals surface area contributed by atoms with Crippen molar-refractivity contribution in [3.63, 3.8) is 0 Å². The maximum Gasteiger partial charge on any atom is 0.224 e. The highest BCUT2D eigenvalue weighted by atomic mass is 16.5. The molecule has 2 rings (SSSR count). The molecule has 1 saturated heterocycles. The van der Waals surface area contributed by atoms with E-state index in [0.717, 1.165) is 0 Å². The summed E-state index contributed by atoms with van der Waals surface area (Å²) in [5.74, 6) is -2.23.